The van der Waals surface area contributed by atoms with Gasteiger partial charge in [-0.05, 0) is 24.3 Å². The fraction of sp³-hybridized carbons (Fsp3) is 0.0667. The zero-order valence-corrected chi connectivity index (χ0v) is 10.3. The van der Waals surface area contributed by atoms with Crippen LogP contribution in [0.4, 0.5) is 5.69 Å². The number of nitrogens with one attached hydrogen (secondary N) is 1. The first-order chi connectivity index (χ1) is 9.20. The third kappa shape index (κ3) is 3.26. The molecule has 0 spiro atoms. The summed E-state index contributed by atoms with van der Waals surface area (Å²) in [5.41, 5.74) is 7.05. The van der Waals surface area contributed by atoms with Crippen LogP contribution in [0.5, 0.6) is 0 Å². The van der Waals surface area contributed by atoms with Crippen LogP contribution in [0, 0.1) is 0 Å². The summed E-state index contributed by atoms with van der Waals surface area (Å²) in [7, 11) is 0. The molecular weight excluding hydrogens is 240 g/mol. The first kappa shape index (κ1) is 13.0. The summed E-state index contributed by atoms with van der Waals surface area (Å²) in [6.07, 6.45) is 0. The van der Waals surface area contributed by atoms with Gasteiger partial charge in [-0.3, -0.25) is 9.59 Å². The molecule has 0 saturated carbocycles. The Hall–Kier alpha value is -2.46. The number of hydrogen-bond acceptors (Lipinski definition) is 3. The maximum Gasteiger partial charge on any atom is 0.238 e. The fourth-order valence-corrected chi connectivity index (χ4v) is 1.67. The average molecular weight is 254 g/mol. The third-order valence-electron chi connectivity index (χ3n) is 2.65. The van der Waals surface area contributed by atoms with E-state index in [1.165, 1.54) is 0 Å². The average Bonchev–Trinajstić information content (AvgIpc) is 2.48. The van der Waals surface area contributed by atoms with Gasteiger partial charge in [-0.1, -0.05) is 30.3 Å². The second-order valence-electron chi connectivity index (χ2n) is 4.02. The van der Waals surface area contributed by atoms with Crippen LogP contribution in [-0.2, 0) is 4.79 Å². The first-order valence-corrected chi connectivity index (χ1v) is 5.90. The van der Waals surface area contributed by atoms with Crippen LogP contribution in [-0.4, -0.2) is 18.2 Å². The molecule has 19 heavy (non-hydrogen) atoms. The van der Waals surface area contributed by atoms with Gasteiger partial charge in [0.05, 0.1) is 6.54 Å². The lowest BCUT2D eigenvalue weighted by atomic mass is 10.0. The van der Waals surface area contributed by atoms with Gasteiger partial charge in [0.15, 0.2) is 5.78 Å². The second kappa shape index (κ2) is 5.93. The van der Waals surface area contributed by atoms with Crippen LogP contribution in [0.3, 0.4) is 0 Å². The lowest BCUT2D eigenvalue weighted by Crippen LogP contribution is -2.21. The minimum absolute atomic E-state index is 0.0442. The summed E-state index contributed by atoms with van der Waals surface area (Å²) < 4.78 is 0. The summed E-state index contributed by atoms with van der Waals surface area (Å²) in [5.74, 6) is -0.306. The molecule has 0 aliphatic rings. The van der Waals surface area contributed by atoms with E-state index in [0.29, 0.717) is 16.8 Å². The first-order valence-electron chi connectivity index (χ1n) is 5.90. The molecule has 0 fully saturated rings. The predicted octanol–water partition coefficient (Wildman–Crippen LogP) is 1.81. The topological polar surface area (TPSA) is 72.2 Å². The third-order valence-corrected chi connectivity index (χ3v) is 2.65. The molecule has 4 heteroatoms. The summed E-state index contributed by atoms with van der Waals surface area (Å²) in [6, 6.07) is 15.8. The molecule has 0 heterocycles. The normalized spacial score (nSPS) is 9.95. The minimum Gasteiger partial charge on any atom is -0.325 e. The number of ketones is 1. The van der Waals surface area contributed by atoms with E-state index >= 15 is 0 Å². The maximum atomic E-state index is 12.1. The molecule has 96 valence electrons. The Morgan fingerprint density at radius 3 is 2.05 bits per heavy atom. The lowest BCUT2D eigenvalue weighted by molar-refractivity contribution is -0.114. The molecule has 0 radical (unpaired) electrons. The Morgan fingerprint density at radius 2 is 1.47 bits per heavy atom. The van der Waals surface area contributed by atoms with Gasteiger partial charge >= 0.3 is 0 Å². The van der Waals surface area contributed by atoms with Crippen molar-refractivity contribution in [1.29, 1.82) is 0 Å². The van der Waals surface area contributed by atoms with E-state index in [1.807, 2.05) is 18.2 Å². The van der Waals surface area contributed by atoms with Crippen molar-refractivity contribution in [2.24, 2.45) is 5.73 Å². The number of amides is 1. The van der Waals surface area contributed by atoms with Gasteiger partial charge in [-0.15, -0.1) is 0 Å². The van der Waals surface area contributed by atoms with E-state index in [9.17, 15) is 9.59 Å². The highest BCUT2D eigenvalue weighted by atomic mass is 16.1. The van der Waals surface area contributed by atoms with Gasteiger partial charge in [0.1, 0.15) is 0 Å². The largest absolute Gasteiger partial charge is 0.325 e. The highest BCUT2D eigenvalue weighted by molar-refractivity contribution is 6.09. The molecule has 0 saturated heterocycles. The van der Waals surface area contributed by atoms with Crippen LogP contribution in [0.15, 0.2) is 54.6 Å². The Morgan fingerprint density at radius 1 is 0.895 bits per heavy atom. The highest BCUT2D eigenvalue weighted by Gasteiger charge is 2.08. The molecular formula is C15H14N2O2. The van der Waals surface area contributed by atoms with Crippen molar-refractivity contribution in [2.45, 2.75) is 0 Å². The Balaban J connectivity index is 2.15. The van der Waals surface area contributed by atoms with E-state index in [0.717, 1.165) is 0 Å². The monoisotopic (exact) mass is 254 g/mol. The zero-order valence-electron chi connectivity index (χ0n) is 10.3. The fourth-order valence-electron chi connectivity index (χ4n) is 1.67. The number of benzene rings is 2. The molecule has 2 rings (SSSR count). The SMILES string of the molecule is NCC(=O)Nc1ccc(C(=O)c2ccccc2)cc1. The van der Waals surface area contributed by atoms with Crippen LogP contribution in [0.1, 0.15) is 15.9 Å². The van der Waals surface area contributed by atoms with Crippen molar-refractivity contribution >= 4 is 17.4 Å². The van der Waals surface area contributed by atoms with E-state index < -0.39 is 0 Å². The molecule has 2 aromatic rings. The highest BCUT2D eigenvalue weighted by Crippen LogP contribution is 2.13. The molecule has 0 bridgehead atoms. The molecule has 3 N–H and O–H groups in total. The van der Waals surface area contributed by atoms with E-state index in [1.54, 1.807) is 36.4 Å². The maximum absolute atomic E-state index is 12.1. The standard InChI is InChI=1S/C15H14N2O2/c16-10-14(18)17-13-8-6-12(7-9-13)15(19)11-4-2-1-3-5-11/h1-9H,10,16H2,(H,17,18). The summed E-state index contributed by atoms with van der Waals surface area (Å²) in [6.45, 7) is -0.0648. The predicted molar refractivity (Wildman–Crippen MR) is 74.0 cm³/mol. The molecule has 0 aromatic heterocycles. The van der Waals surface area contributed by atoms with Gasteiger partial charge in [-0.2, -0.15) is 0 Å². The number of anilines is 1. The quantitative estimate of drug-likeness (QED) is 0.817. The van der Waals surface area contributed by atoms with Crippen molar-refractivity contribution in [2.75, 3.05) is 11.9 Å². The van der Waals surface area contributed by atoms with E-state index in [4.69, 9.17) is 5.73 Å². The lowest BCUT2D eigenvalue weighted by Gasteiger charge is -2.05. The van der Waals surface area contributed by atoms with Crippen molar-refractivity contribution in [3.05, 3.63) is 65.7 Å². The summed E-state index contributed by atoms with van der Waals surface area (Å²) in [4.78, 5) is 23.2. The van der Waals surface area contributed by atoms with E-state index in [-0.39, 0.29) is 18.2 Å². The van der Waals surface area contributed by atoms with Gasteiger partial charge in [0.25, 0.3) is 0 Å². The van der Waals surface area contributed by atoms with Crippen LogP contribution in [0.25, 0.3) is 0 Å². The Labute approximate surface area is 111 Å². The van der Waals surface area contributed by atoms with Crippen molar-refractivity contribution < 1.29 is 9.59 Å². The Bertz CT molecular complexity index is 577. The molecule has 0 atom stereocenters. The molecule has 0 unspecified atom stereocenters. The molecule has 0 aliphatic heterocycles. The number of rotatable bonds is 4. The van der Waals surface area contributed by atoms with Gasteiger partial charge in [-0.25, -0.2) is 0 Å². The summed E-state index contributed by atoms with van der Waals surface area (Å²) >= 11 is 0. The van der Waals surface area contributed by atoms with Crippen LogP contribution >= 0.6 is 0 Å². The number of hydrogen-bond donors (Lipinski definition) is 2. The van der Waals surface area contributed by atoms with Gasteiger partial charge in [0, 0.05) is 16.8 Å². The molecule has 2 aromatic carbocycles. The number of carbonyl (C=O) groups is 2. The van der Waals surface area contributed by atoms with Crippen molar-refractivity contribution in [3.8, 4) is 0 Å². The zero-order chi connectivity index (χ0) is 13.7. The number of nitrogens with two attached hydrogens (primary N) is 1. The van der Waals surface area contributed by atoms with Gasteiger partial charge < -0.3 is 11.1 Å². The van der Waals surface area contributed by atoms with E-state index in [2.05, 4.69) is 5.32 Å². The smallest absolute Gasteiger partial charge is 0.238 e. The summed E-state index contributed by atoms with van der Waals surface area (Å²) in [5, 5.41) is 2.62. The molecule has 1 amide bonds. The van der Waals surface area contributed by atoms with Gasteiger partial charge in [0.2, 0.25) is 5.91 Å². The second-order valence-corrected chi connectivity index (χ2v) is 4.02. The molecule has 4 nitrogen and oxygen atoms in total. The Kier molecular flexibility index (Phi) is 4.05. The van der Waals surface area contributed by atoms with Crippen molar-refractivity contribution in [1.82, 2.24) is 0 Å². The minimum atomic E-state index is -0.262. The van der Waals surface area contributed by atoms with Crippen LogP contribution < -0.4 is 11.1 Å². The molecule has 0 aliphatic carbocycles. The van der Waals surface area contributed by atoms with Crippen LogP contribution in [0.2, 0.25) is 0 Å². The number of carbonyl (C=O) groups excluding carboxylic acids is 2. The van der Waals surface area contributed by atoms with Crippen molar-refractivity contribution in [3.63, 3.8) is 0 Å².